The lowest BCUT2D eigenvalue weighted by Gasteiger charge is -2.37. The standard InChI is InChI=1S/C15H28N6O2.HI/c1-11(2)13(21-5-7-22-8-6-21)9-17-15(16-4)18-10-14-19-12(3)20-23-14;/h11,13H,5-10H2,1-4H3,(H2,16,17,18);1H. The maximum atomic E-state index is 5.44. The molecule has 0 spiro atoms. The van der Waals surface area contributed by atoms with E-state index in [1.165, 1.54) is 0 Å². The summed E-state index contributed by atoms with van der Waals surface area (Å²) in [6, 6.07) is 0.447. The molecule has 0 saturated carbocycles. The average molecular weight is 452 g/mol. The van der Waals surface area contributed by atoms with Crippen LogP contribution in [0.25, 0.3) is 0 Å². The minimum Gasteiger partial charge on any atom is -0.379 e. The summed E-state index contributed by atoms with van der Waals surface area (Å²) in [5, 5.41) is 10.4. The minimum atomic E-state index is 0. The fourth-order valence-electron chi connectivity index (χ4n) is 2.69. The van der Waals surface area contributed by atoms with Crippen molar-refractivity contribution in [3.05, 3.63) is 11.7 Å². The summed E-state index contributed by atoms with van der Waals surface area (Å²) in [5.74, 6) is 2.48. The van der Waals surface area contributed by atoms with E-state index in [0.29, 0.717) is 30.2 Å². The van der Waals surface area contributed by atoms with Gasteiger partial charge >= 0.3 is 0 Å². The second kappa shape index (κ2) is 10.8. The molecule has 0 amide bonds. The molecule has 1 saturated heterocycles. The second-order valence-electron chi connectivity index (χ2n) is 6.00. The number of aliphatic imine (C=N–C) groups is 1. The molecule has 9 heteroatoms. The monoisotopic (exact) mass is 452 g/mol. The molecule has 1 unspecified atom stereocenters. The van der Waals surface area contributed by atoms with Crippen LogP contribution in [0.4, 0.5) is 0 Å². The van der Waals surface area contributed by atoms with E-state index in [1.54, 1.807) is 14.0 Å². The van der Waals surface area contributed by atoms with Crippen LogP contribution in [0.2, 0.25) is 0 Å². The van der Waals surface area contributed by atoms with Gasteiger partial charge in [0.25, 0.3) is 0 Å². The molecule has 1 aliphatic rings. The normalized spacial score (nSPS) is 17.5. The Balaban J connectivity index is 0.00000288. The Bertz CT molecular complexity index is 502. The lowest BCUT2D eigenvalue weighted by atomic mass is 10.0. The first-order valence-electron chi connectivity index (χ1n) is 8.15. The molecular formula is C15H29IN6O2. The van der Waals surface area contributed by atoms with Gasteiger partial charge in [-0.05, 0) is 12.8 Å². The van der Waals surface area contributed by atoms with Crippen LogP contribution in [-0.2, 0) is 11.3 Å². The van der Waals surface area contributed by atoms with Crippen LogP contribution in [0, 0.1) is 12.8 Å². The molecule has 2 N–H and O–H groups in total. The maximum Gasteiger partial charge on any atom is 0.246 e. The van der Waals surface area contributed by atoms with Crippen LogP contribution in [-0.4, -0.2) is 66.9 Å². The molecule has 0 aliphatic carbocycles. The van der Waals surface area contributed by atoms with Gasteiger partial charge in [0.05, 0.1) is 19.8 Å². The van der Waals surface area contributed by atoms with Crippen molar-refractivity contribution in [1.82, 2.24) is 25.7 Å². The number of morpholine rings is 1. The van der Waals surface area contributed by atoms with E-state index >= 15 is 0 Å². The molecule has 2 heterocycles. The molecule has 138 valence electrons. The van der Waals surface area contributed by atoms with Gasteiger partial charge in [-0.3, -0.25) is 9.89 Å². The number of aromatic nitrogens is 2. The van der Waals surface area contributed by atoms with Crippen LogP contribution in [0.5, 0.6) is 0 Å². The first-order chi connectivity index (χ1) is 11.1. The predicted molar refractivity (Wildman–Crippen MR) is 104 cm³/mol. The van der Waals surface area contributed by atoms with E-state index in [4.69, 9.17) is 9.26 Å². The van der Waals surface area contributed by atoms with E-state index < -0.39 is 0 Å². The van der Waals surface area contributed by atoms with Crippen molar-refractivity contribution in [3.8, 4) is 0 Å². The molecule has 24 heavy (non-hydrogen) atoms. The number of aryl methyl sites for hydroxylation is 1. The number of guanidine groups is 1. The van der Waals surface area contributed by atoms with Gasteiger partial charge in [-0.2, -0.15) is 4.98 Å². The quantitative estimate of drug-likeness (QED) is 0.379. The maximum absolute atomic E-state index is 5.44. The second-order valence-corrected chi connectivity index (χ2v) is 6.00. The van der Waals surface area contributed by atoms with Gasteiger partial charge in [-0.15, -0.1) is 24.0 Å². The molecule has 0 aromatic carbocycles. The zero-order valence-corrected chi connectivity index (χ0v) is 17.2. The van der Waals surface area contributed by atoms with Gasteiger partial charge in [-0.25, -0.2) is 0 Å². The Morgan fingerprint density at radius 3 is 2.54 bits per heavy atom. The summed E-state index contributed by atoms with van der Waals surface area (Å²) in [6.07, 6.45) is 0. The highest BCUT2D eigenvalue weighted by Crippen LogP contribution is 2.12. The molecule has 0 bridgehead atoms. The first kappa shape index (κ1) is 21.1. The van der Waals surface area contributed by atoms with Gasteiger partial charge in [0.1, 0.15) is 0 Å². The molecule has 2 rings (SSSR count). The summed E-state index contributed by atoms with van der Waals surface area (Å²) < 4.78 is 10.5. The zero-order chi connectivity index (χ0) is 16.7. The van der Waals surface area contributed by atoms with Crippen LogP contribution in [0.15, 0.2) is 9.52 Å². The third-order valence-corrected chi connectivity index (χ3v) is 3.96. The molecule has 1 aromatic heterocycles. The van der Waals surface area contributed by atoms with Crippen molar-refractivity contribution in [1.29, 1.82) is 0 Å². The Kier molecular flexibility index (Phi) is 9.52. The van der Waals surface area contributed by atoms with E-state index in [0.717, 1.165) is 38.8 Å². The lowest BCUT2D eigenvalue weighted by Crippen LogP contribution is -2.52. The number of rotatable bonds is 6. The molecule has 1 fully saturated rings. The topological polar surface area (TPSA) is 87.8 Å². The molecule has 1 atom stereocenters. The highest BCUT2D eigenvalue weighted by Gasteiger charge is 2.23. The van der Waals surface area contributed by atoms with Gasteiger partial charge < -0.3 is 19.9 Å². The van der Waals surface area contributed by atoms with Crippen LogP contribution in [0.1, 0.15) is 25.6 Å². The number of nitrogens with one attached hydrogen (secondary N) is 2. The van der Waals surface area contributed by atoms with Crippen molar-refractivity contribution in [2.75, 3.05) is 39.9 Å². The van der Waals surface area contributed by atoms with Crippen LogP contribution < -0.4 is 10.6 Å². The van der Waals surface area contributed by atoms with Crippen molar-refractivity contribution < 1.29 is 9.26 Å². The van der Waals surface area contributed by atoms with Gasteiger partial charge in [0.15, 0.2) is 11.8 Å². The van der Waals surface area contributed by atoms with Crippen LogP contribution in [0.3, 0.4) is 0 Å². The molecule has 8 nitrogen and oxygen atoms in total. The summed E-state index contributed by atoms with van der Waals surface area (Å²) in [4.78, 5) is 10.9. The third kappa shape index (κ3) is 6.52. The highest BCUT2D eigenvalue weighted by molar-refractivity contribution is 14.0. The van der Waals surface area contributed by atoms with Crippen molar-refractivity contribution in [3.63, 3.8) is 0 Å². The van der Waals surface area contributed by atoms with Crippen molar-refractivity contribution in [2.45, 2.75) is 33.4 Å². The third-order valence-electron chi connectivity index (χ3n) is 3.96. The Morgan fingerprint density at radius 2 is 2.00 bits per heavy atom. The fraction of sp³-hybridized carbons (Fsp3) is 0.800. The number of halogens is 1. The Morgan fingerprint density at radius 1 is 1.29 bits per heavy atom. The summed E-state index contributed by atoms with van der Waals surface area (Å²) in [7, 11) is 1.76. The smallest absolute Gasteiger partial charge is 0.246 e. The van der Waals surface area contributed by atoms with Crippen molar-refractivity contribution in [2.24, 2.45) is 10.9 Å². The molecule has 1 aliphatic heterocycles. The number of hydrogen-bond acceptors (Lipinski definition) is 6. The predicted octanol–water partition coefficient (Wildman–Crippen LogP) is 1.02. The summed E-state index contributed by atoms with van der Waals surface area (Å²) >= 11 is 0. The zero-order valence-electron chi connectivity index (χ0n) is 14.9. The van der Waals surface area contributed by atoms with Gasteiger partial charge in [0.2, 0.25) is 5.89 Å². The van der Waals surface area contributed by atoms with Gasteiger partial charge in [-0.1, -0.05) is 19.0 Å². The lowest BCUT2D eigenvalue weighted by molar-refractivity contribution is 0.00752. The van der Waals surface area contributed by atoms with E-state index in [1.807, 2.05) is 0 Å². The highest BCUT2D eigenvalue weighted by atomic mass is 127. The number of hydrogen-bond donors (Lipinski definition) is 2. The largest absolute Gasteiger partial charge is 0.379 e. The fourth-order valence-corrected chi connectivity index (χ4v) is 2.69. The molecule has 1 aromatic rings. The number of nitrogens with zero attached hydrogens (tertiary/aromatic N) is 4. The summed E-state index contributed by atoms with van der Waals surface area (Å²) in [6.45, 7) is 11.2. The Hall–Kier alpha value is -0.940. The molecular weight excluding hydrogens is 423 g/mol. The first-order valence-corrected chi connectivity index (χ1v) is 8.15. The van der Waals surface area contributed by atoms with Crippen molar-refractivity contribution >= 4 is 29.9 Å². The van der Waals surface area contributed by atoms with E-state index in [-0.39, 0.29) is 24.0 Å². The average Bonchev–Trinajstić information content (AvgIpc) is 2.96. The minimum absolute atomic E-state index is 0. The van der Waals surface area contributed by atoms with E-state index in [9.17, 15) is 0 Å². The molecule has 0 radical (unpaired) electrons. The Labute approximate surface area is 160 Å². The summed E-state index contributed by atoms with van der Waals surface area (Å²) in [5.41, 5.74) is 0. The van der Waals surface area contributed by atoms with Gasteiger partial charge in [0, 0.05) is 32.7 Å². The number of ether oxygens (including phenoxy) is 1. The van der Waals surface area contributed by atoms with Crippen LogP contribution >= 0.6 is 24.0 Å². The van der Waals surface area contributed by atoms with E-state index in [2.05, 4.69) is 44.5 Å². The SMILES string of the molecule is CN=C(NCc1nc(C)no1)NCC(C(C)C)N1CCOCC1.I.